The number of aromatic nitrogens is 2. The Labute approximate surface area is 140 Å². The third-order valence-corrected chi connectivity index (χ3v) is 4.63. The first-order valence-corrected chi connectivity index (χ1v) is 7.71. The van der Waals surface area contributed by atoms with E-state index >= 15 is 0 Å². The molecule has 0 fully saturated rings. The van der Waals surface area contributed by atoms with Crippen molar-refractivity contribution in [2.75, 3.05) is 0 Å². The first-order valence-electron chi connectivity index (χ1n) is 6.26. The van der Waals surface area contributed by atoms with Crippen LogP contribution in [0.25, 0.3) is 5.69 Å². The standard InChI is InChI=1S/C16H10ClIN2O/c17-13-10-11(6-7-14(13)18)16(21)15-8-9-19-20(15)12-4-2-1-3-5-12/h1-10H. The first-order chi connectivity index (χ1) is 10.2. The highest BCUT2D eigenvalue weighted by atomic mass is 127. The molecule has 2 aromatic carbocycles. The van der Waals surface area contributed by atoms with E-state index in [4.69, 9.17) is 11.6 Å². The normalized spacial score (nSPS) is 10.6. The van der Waals surface area contributed by atoms with Crippen molar-refractivity contribution >= 4 is 40.0 Å². The Bertz CT molecular complexity index is 799. The number of hydrogen-bond acceptors (Lipinski definition) is 2. The van der Waals surface area contributed by atoms with Gasteiger partial charge in [-0.05, 0) is 59.0 Å². The number of para-hydroxylation sites is 1. The van der Waals surface area contributed by atoms with Gasteiger partial charge in [0.25, 0.3) is 0 Å². The van der Waals surface area contributed by atoms with E-state index in [9.17, 15) is 4.79 Å². The van der Waals surface area contributed by atoms with E-state index in [0.717, 1.165) is 9.26 Å². The van der Waals surface area contributed by atoms with Gasteiger partial charge in [0.1, 0.15) is 5.69 Å². The highest BCUT2D eigenvalue weighted by Crippen LogP contribution is 2.22. The zero-order chi connectivity index (χ0) is 14.8. The fraction of sp³-hybridized carbons (Fsp3) is 0. The Morgan fingerprint density at radius 1 is 1.10 bits per heavy atom. The van der Waals surface area contributed by atoms with Crippen LogP contribution in [0, 0.1) is 3.57 Å². The fourth-order valence-corrected chi connectivity index (χ4v) is 2.55. The second-order valence-electron chi connectivity index (χ2n) is 4.42. The molecule has 1 heterocycles. The summed E-state index contributed by atoms with van der Waals surface area (Å²) in [6.45, 7) is 0. The van der Waals surface area contributed by atoms with Gasteiger partial charge in [0.05, 0.1) is 16.9 Å². The Kier molecular flexibility index (Phi) is 4.07. The highest BCUT2D eigenvalue weighted by molar-refractivity contribution is 14.1. The number of rotatable bonds is 3. The lowest BCUT2D eigenvalue weighted by molar-refractivity contribution is 0.103. The van der Waals surface area contributed by atoms with Crippen LogP contribution in [0.1, 0.15) is 16.1 Å². The van der Waals surface area contributed by atoms with Crippen LogP contribution in [-0.2, 0) is 0 Å². The molecule has 104 valence electrons. The lowest BCUT2D eigenvalue weighted by Gasteiger charge is -2.07. The summed E-state index contributed by atoms with van der Waals surface area (Å²) in [5.74, 6) is -0.102. The van der Waals surface area contributed by atoms with E-state index in [-0.39, 0.29) is 5.78 Å². The molecule has 21 heavy (non-hydrogen) atoms. The maximum atomic E-state index is 12.6. The number of hydrogen-bond donors (Lipinski definition) is 0. The molecule has 0 atom stereocenters. The van der Waals surface area contributed by atoms with Crippen LogP contribution in [0.2, 0.25) is 5.02 Å². The van der Waals surface area contributed by atoms with E-state index in [1.54, 1.807) is 29.1 Å². The van der Waals surface area contributed by atoms with Crippen molar-refractivity contribution in [1.29, 1.82) is 0 Å². The van der Waals surface area contributed by atoms with Crippen LogP contribution < -0.4 is 0 Å². The van der Waals surface area contributed by atoms with Crippen LogP contribution in [0.3, 0.4) is 0 Å². The molecule has 0 bridgehead atoms. The quantitative estimate of drug-likeness (QED) is 0.477. The average molecular weight is 409 g/mol. The number of carbonyl (C=O) groups is 1. The van der Waals surface area contributed by atoms with Crippen LogP contribution in [0.5, 0.6) is 0 Å². The maximum absolute atomic E-state index is 12.6. The molecule has 0 unspecified atom stereocenters. The zero-order valence-corrected chi connectivity index (χ0v) is 13.7. The van der Waals surface area contributed by atoms with E-state index < -0.39 is 0 Å². The Morgan fingerprint density at radius 3 is 2.57 bits per heavy atom. The molecule has 0 N–H and O–H groups in total. The Balaban J connectivity index is 2.03. The number of halogens is 2. The highest BCUT2D eigenvalue weighted by Gasteiger charge is 2.16. The average Bonchev–Trinajstić information content (AvgIpc) is 2.99. The predicted octanol–water partition coefficient (Wildman–Crippen LogP) is 4.36. The van der Waals surface area contributed by atoms with Crippen LogP contribution >= 0.6 is 34.2 Å². The number of ketones is 1. The number of benzene rings is 2. The van der Waals surface area contributed by atoms with Gasteiger partial charge in [-0.2, -0.15) is 5.10 Å². The van der Waals surface area contributed by atoms with Crippen molar-refractivity contribution in [2.24, 2.45) is 0 Å². The fourth-order valence-electron chi connectivity index (χ4n) is 2.04. The predicted molar refractivity (Wildman–Crippen MR) is 91.2 cm³/mol. The van der Waals surface area contributed by atoms with Gasteiger partial charge in [-0.25, -0.2) is 4.68 Å². The summed E-state index contributed by atoms with van der Waals surface area (Å²) in [4.78, 5) is 12.6. The molecule has 1 aromatic heterocycles. The van der Waals surface area contributed by atoms with Crippen molar-refractivity contribution < 1.29 is 4.79 Å². The number of nitrogens with zero attached hydrogens (tertiary/aromatic N) is 2. The summed E-state index contributed by atoms with van der Waals surface area (Å²) in [6, 6.07) is 16.6. The molecule has 0 amide bonds. The minimum absolute atomic E-state index is 0.102. The molecule has 5 heteroatoms. The smallest absolute Gasteiger partial charge is 0.211 e. The van der Waals surface area contributed by atoms with Gasteiger partial charge in [-0.3, -0.25) is 4.79 Å². The molecule has 0 radical (unpaired) electrons. The summed E-state index contributed by atoms with van der Waals surface area (Å²) >= 11 is 8.23. The minimum Gasteiger partial charge on any atom is -0.287 e. The van der Waals surface area contributed by atoms with E-state index in [1.807, 2.05) is 36.4 Å². The SMILES string of the molecule is O=C(c1ccc(I)c(Cl)c1)c1ccnn1-c1ccccc1. The third kappa shape index (κ3) is 2.87. The second kappa shape index (κ2) is 5.99. The van der Waals surface area contributed by atoms with Gasteiger partial charge in [0.15, 0.2) is 0 Å². The molecule has 0 saturated heterocycles. The van der Waals surface area contributed by atoms with Crippen LogP contribution in [0.15, 0.2) is 60.8 Å². The first kappa shape index (κ1) is 14.3. The van der Waals surface area contributed by atoms with Crippen molar-refractivity contribution in [3.63, 3.8) is 0 Å². The molecule has 0 saturated carbocycles. The topological polar surface area (TPSA) is 34.9 Å². The molecular formula is C16H10ClIN2O. The molecule has 0 aliphatic carbocycles. The van der Waals surface area contributed by atoms with Crippen LogP contribution in [-0.4, -0.2) is 15.6 Å². The van der Waals surface area contributed by atoms with Crippen molar-refractivity contribution in [2.45, 2.75) is 0 Å². The van der Waals surface area contributed by atoms with Gasteiger partial charge in [0.2, 0.25) is 5.78 Å². The monoisotopic (exact) mass is 408 g/mol. The summed E-state index contributed by atoms with van der Waals surface area (Å²) in [7, 11) is 0. The van der Waals surface area contributed by atoms with Crippen LogP contribution in [0.4, 0.5) is 0 Å². The minimum atomic E-state index is -0.102. The van der Waals surface area contributed by atoms with Crippen molar-refractivity contribution in [3.05, 3.63) is 80.6 Å². The van der Waals surface area contributed by atoms with E-state index in [1.165, 1.54) is 0 Å². The summed E-state index contributed by atoms with van der Waals surface area (Å²) in [6.07, 6.45) is 1.62. The van der Waals surface area contributed by atoms with Crippen molar-refractivity contribution in [3.8, 4) is 5.69 Å². The van der Waals surface area contributed by atoms with E-state index in [0.29, 0.717) is 16.3 Å². The van der Waals surface area contributed by atoms with Gasteiger partial charge >= 0.3 is 0 Å². The Morgan fingerprint density at radius 2 is 1.86 bits per heavy atom. The molecule has 3 aromatic rings. The molecule has 0 spiro atoms. The third-order valence-electron chi connectivity index (χ3n) is 3.06. The lowest BCUT2D eigenvalue weighted by atomic mass is 10.1. The molecular weight excluding hydrogens is 399 g/mol. The van der Waals surface area contributed by atoms with Gasteiger partial charge in [0, 0.05) is 9.13 Å². The molecule has 3 rings (SSSR count). The molecule has 0 aliphatic rings. The summed E-state index contributed by atoms with van der Waals surface area (Å²) in [5, 5.41) is 4.81. The summed E-state index contributed by atoms with van der Waals surface area (Å²) in [5.41, 5.74) is 1.92. The van der Waals surface area contributed by atoms with Gasteiger partial charge < -0.3 is 0 Å². The molecule has 3 nitrogen and oxygen atoms in total. The second-order valence-corrected chi connectivity index (χ2v) is 5.99. The van der Waals surface area contributed by atoms with Gasteiger partial charge in [-0.1, -0.05) is 29.8 Å². The zero-order valence-electron chi connectivity index (χ0n) is 10.8. The lowest BCUT2D eigenvalue weighted by Crippen LogP contribution is -2.10. The van der Waals surface area contributed by atoms with E-state index in [2.05, 4.69) is 27.7 Å². The Hall–Kier alpha value is -1.66. The maximum Gasteiger partial charge on any atom is 0.211 e. The van der Waals surface area contributed by atoms with Crippen molar-refractivity contribution in [1.82, 2.24) is 9.78 Å². The largest absolute Gasteiger partial charge is 0.287 e. The summed E-state index contributed by atoms with van der Waals surface area (Å²) < 4.78 is 2.55. The molecule has 0 aliphatic heterocycles. The number of carbonyl (C=O) groups excluding carboxylic acids is 1. The van der Waals surface area contributed by atoms with Gasteiger partial charge in [-0.15, -0.1) is 0 Å².